The molecule has 2 aromatic heterocycles. The zero-order chi connectivity index (χ0) is 17.3. The number of nitrogens with one attached hydrogen (secondary N) is 2. The van der Waals surface area contributed by atoms with Crippen molar-refractivity contribution >= 4 is 26.9 Å². The first-order chi connectivity index (χ1) is 11.4. The molecule has 1 atom stereocenters. The molecular formula is C15H18N6O2S. The van der Waals surface area contributed by atoms with Gasteiger partial charge in [0.15, 0.2) is 11.3 Å². The van der Waals surface area contributed by atoms with Gasteiger partial charge in [0, 0.05) is 0 Å². The van der Waals surface area contributed by atoms with Gasteiger partial charge in [0.2, 0.25) is 10.0 Å². The van der Waals surface area contributed by atoms with Gasteiger partial charge in [0.25, 0.3) is 0 Å². The number of anilines is 1. The van der Waals surface area contributed by atoms with Gasteiger partial charge in [-0.1, -0.05) is 19.1 Å². The number of rotatable bonds is 5. The molecule has 3 aromatic rings. The molecular weight excluding hydrogens is 328 g/mol. The zero-order valence-corrected chi connectivity index (χ0v) is 14.1. The highest BCUT2D eigenvalue weighted by atomic mass is 32.2. The SMILES string of the molecule is CCC(Nc1ncnc2c(C)[nH]nc12)c1cccc(S(N)(=O)=O)c1. The van der Waals surface area contributed by atoms with Crippen LogP contribution in [-0.2, 0) is 10.0 Å². The fraction of sp³-hybridized carbons (Fsp3) is 0.267. The van der Waals surface area contributed by atoms with E-state index >= 15 is 0 Å². The average molecular weight is 346 g/mol. The fourth-order valence-corrected chi connectivity index (χ4v) is 3.12. The highest BCUT2D eigenvalue weighted by Crippen LogP contribution is 2.26. The van der Waals surface area contributed by atoms with Gasteiger partial charge in [-0.3, -0.25) is 5.10 Å². The van der Waals surface area contributed by atoms with Crippen LogP contribution in [0, 0.1) is 6.92 Å². The largest absolute Gasteiger partial charge is 0.361 e. The van der Waals surface area contributed by atoms with Crippen molar-refractivity contribution in [1.82, 2.24) is 20.2 Å². The molecule has 3 rings (SSSR count). The quantitative estimate of drug-likeness (QED) is 0.647. The number of hydrogen-bond acceptors (Lipinski definition) is 6. The maximum absolute atomic E-state index is 11.6. The van der Waals surface area contributed by atoms with Crippen molar-refractivity contribution in [2.75, 3.05) is 5.32 Å². The Morgan fingerprint density at radius 1 is 1.29 bits per heavy atom. The molecule has 0 saturated carbocycles. The van der Waals surface area contributed by atoms with Crippen LogP contribution in [0.5, 0.6) is 0 Å². The van der Waals surface area contributed by atoms with Crippen LogP contribution in [0.2, 0.25) is 0 Å². The number of aromatic nitrogens is 4. The first-order valence-electron chi connectivity index (χ1n) is 7.45. The predicted octanol–water partition coefficient (Wildman–Crippen LogP) is 1.87. The normalized spacial score (nSPS) is 13.1. The molecule has 8 nitrogen and oxygen atoms in total. The maximum Gasteiger partial charge on any atom is 0.238 e. The Labute approximate surface area is 139 Å². The van der Waals surface area contributed by atoms with E-state index in [1.807, 2.05) is 19.9 Å². The van der Waals surface area contributed by atoms with Gasteiger partial charge in [-0.05, 0) is 31.0 Å². The molecule has 0 aliphatic carbocycles. The van der Waals surface area contributed by atoms with Crippen LogP contribution in [0.15, 0.2) is 35.5 Å². The van der Waals surface area contributed by atoms with Crippen molar-refractivity contribution < 1.29 is 8.42 Å². The van der Waals surface area contributed by atoms with E-state index in [1.165, 1.54) is 12.4 Å². The number of fused-ring (bicyclic) bond motifs is 1. The smallest absolute Gasteiger partial charge is 0.238 e. The van der Waals surface area contributed by atoms with Crippen LogP contribution >= 0.6 is 0 Å². The van der Waals surface area contributed by atoms with Crippen LogP contribution < -0.4 is 10.5 Å². The van der Waals surface area contributed by atoms with E-state index in [2.05, 4.69) is 25.5 Å². The Bertz CT molecular complexity index is 983. The molecule has 126 valence electrons. The van der Waals surface area contributed by atoms with E-state index in [0.717, 1.165) is 23.2 Å². The summed E-state index contributed by atoms with van der Waals surface area (Å²) in [6.07, 6.45) is 2.20. The summed E-state index contributed by atoms with van der Waals surface area (Å²) in [5, 5.41) is 15.6. The molecule has 0 aliphatic heterocycles. The van der Waals surface area contributed by atoms with Gasteiger partial charge < -0.3 is 5.32 Å². The molecule has 4 N–H and O–H groups in total. The highest BCUT2D eigenvalue weighted by Gasteiger charge is 2.16. The summed E-state index contributed by atoms with van der Waals surface area (Å²) in [5.74, 6) is 0.595. The molecule has 1 unspecified atom stereocenters. The molecule has 0 fully saturated rings. The standard InChI is InChI=1S/C15H18N6O2S/c1-3-12(10-5-4-6-11(7-10)24(16,22)23)19-15-14-13(17-8-18-15)9(2)20-21-14/h4-8,12H,3H2,1-2H3,(H,20,21)(H2,16,22,23)(H,17,18,19). The second kappa shape index (κ2) is 6.17. The van der Waals surface area contributed by atoms with Crippen LogP contribution in [0.25, 0.3) is 11.0 Å². The molecule has 2 heterocycles. The number of primary sulfonamides is 1. The predicted molar refractivity (Wildman–Crippen MR) is 90.9 cm³/mol. The lowest BCUT2D eigenvalue weighted by Crippen LogP contribution is -2.15. The van der Waals surface area contributed by atoms with E-state index in [4.69, 9.17) is 5.14 Å². The Morgan fingerprint density at radius 2 is 2.08 bits per heavy atom. The van der Waals surface area contributed by atoms with Crippen LogP contribution in [0.3, 0.4) is 0 Å². The summed E-state index contributed by atoms with van der Waals surface area (Å²) in [6.45, 7) is 3.88. The number of sulfonamides is 1. The lowest BCUT2D eigenvalue weighted by Gasteiger charge is -2.18. The van der Waals surface area contributed by atoms with Crippen molar-refractivity contribution in [2.24, 2.45) is 5.14 Å². The molecule has 1 aromatic carbocycles. The summed E-state index contributed by atoms with van der Waals surface area (Å²) in [5.41, 5.74) is 3.07. The number of aromatic amines is 1. The second-order valence-corrected chi connectivity index (χ2v) is 7.05. The van der Waals surface area contributed by atoms with Crippen molar-refractivity contribution in [3.63, 3.8) is 0 Å². The minimum Gasteiger partial charge on any atom is -0.361 e. The van der Waals surface area contributed by atoms with Gasteiger partial charge in [-0.25, -0.2) is 23.5 Å². The number of nitrogens with two attached hydrogens (primary N) is 1. The minimum atomic E-state index is -3.74. The summed E-state index contributed by atoms with van der Waals surface area (Å²) in [4.78, 5) is 8.56. The summed E-state index contributed by atoms with van der Waals surface area (Å²) in [7, 11) is -3.74. The first-order valence-corrected chi connectivity index (χ1v) is 8.99. The zero-order valence-electron chi connectivity index (χ0n) is 13.3. The van der Waals surface area contributed by atoms with E-state index in [0.29, 0.717) is 11.3 Å². The molecule has 24 heavy (non-hydrogen) atoms. The van der Waals surface area contributed by atoms with Crippen LogP contribution in [-0.4, -0.2) is 28.6 Å². The van der Waals surface area contributed by atoms with Crippen LogP contribution in [0.4, 0.5) is 5.82 Å². The third kappa shape index (κ3) is 3.08. The van der Waals surface area contributed by atoms with Gasteiger partial charge >= 0.3 is 0 Å². The topological polar surface area (TPSA) is 127 Å². The van der Waals surface area contributed by atoms with E-state index in [9.17, 15) is 8.42 Å². The van der Waals surface area contributed by atoms with Gasteiger partial charge in [0.05, 0.1) is 16.6 Å². The first kappa shape index (κ1) is 16.3. The lowest BCUT2D eigenvalue weighted by molar-refractivity contribution is 0.597. The molecule has 0 aliphatic rings. The average Bonchev–Trinajstić information content (AvgIpc) is 2.94. The second-order valence-electron chi connectivity index (χ2n) is 5.49. The minimum absolute atomic E-state index is 0.0868. The number of H-pyrrole nitrogens is 1. The van der Waals surface area contributed by atoms with E-state index in [1.54, 1.807) is 12.1 Å². The Kier molecular flexibility index (Phi) is 4.20. The van der Waals surface area contributed by atoms with Gasteiger partial charge in [-0.15, -0.1) is 0 Å². The number of hydrogen-bond donors (Lipinski definition) is 3. The van der Waals surface area contributed by atoms with E-state index < -0.39 is 10.0 Å². The molecule has 0 saturated heterocycles. The highest BCUT2D eigenvalue weighted by molar-refractivity contribution is 7.89. The van der Waals surface area contributed by atoms with Crippen molar-refractivity contribution in [3.05, 3.63) is 41.9 Å². The molecule has 0 bridgehead atoms. The fourth-order valence-electron chi connectivity index (χ4n) is 2.55. The number of aryl methyl sites for hydroxylation is 1. The lowest BCUT2D eigenvalue weighted by atomic mass is 10.0. The van der Waals surface area contributed by atoms with Gasteiger partial charge in [0.1, 0.15) is 11.8 Å². The Hall–Kier alpha value is -2.52. The molecule has 0 amide bonds. The van der Waals surface area contributed by atoms with Crippen molar-refractivity contribution in [1.29, 1.82) is 0 Å². The number of nitrogens with zero attached hydrogens (tertiary/aromatic N) is 3. The van der Waals surface area contributed by atoms with Crippen LogP contribution in [0.1, 0.15) is 30.6 Å². The summed E-state index contributed by atoms with van der Waals surface area (Å²) < 4.78 is 23.1. The van der Waals surface area contributed by atoms with Crippen molar-refractivity contribution in [2.45, 2.75) is 31.2 Å². The maximum atomic E-state index is 11.6. The number of benzene rings is 1. The molecule has 0 spiro atoms. The Balaban J connectivity index is 1.98. The van der Waals surface area contributed by atoms with E-state index in [-0.39, 0.29) is 10.9 Å². The monoisotopic (exact) mass is 346 g/mol. The molecule has 9 heteroatoms. The molecule has 0 radical (unpaired) electrons. The van der Waals surface area contributed by atoms with Crippen molar-refractivity contribution in [3.8, 4) is 0 Å². The summed E-state index contributed by atoms with van der Waals surface area (Å²) in [6, 6.07) is 6.44. The summed E-state index contributed by atoms with van der Waals surface area (Å²) >= 11 is 0. The van der Waals surface area contributed by atoms with Gasteiger partial charge in [-0.2, -0.15) is 5.10 Å². The third-order valence-corrected chi connectivity index (χ3v) is 4.73. The Morgan fingerprint density at radius 3 is 2.79 bits per heavy atom. The third-order valence-electron chi connectivity index (χ3n) is 3.82.